The topological polar surface area (TPSA) is 50.4 Å². The minimum absolute atomic E-state index is 0.0516. The third-order valence-corrected chi connectivity index (χ3v) is 3.63. The first-order valence-electron chi connectivity index (χ1n) is 6.83. The molecule has 1 saturated heterocycles. The van der Waals surface area contributed by atoms with Gasteiger partial charge >= 0.3 is 0 Å². The molecule has 2 N–H and O–H groups in total. The second-order valence-corrected chi connectivity index (χ2v) is 5.13. The summed E-state index contributed by atoms with van der Waals surface area (Å²) in [6.07, 6.45) is 2.25. The van der Waals surface area contributed by atoms with Gasteiger partial charge in [0.25, 0.3) is 0 Å². The Balaban J connectivity index is 2.05. The van der Waals surface area contributed by atoms with Crippen LogP contribution in [0.5, 0.6) is 0 Å². The number of nitrogens with one attached hydrogen (secondary N) is 2. The van der Waals surface area contributed by atoms with Crippen LogP contribution < -0.4 is 10.6 Å². The maximum absolute atomic E-state index is 12.3. The molecule has 4 nitrogen and oxygen atoms in total. The van der Waals surface area contributed by atoms with E-state index < -0.39 is 0 Å². The molecule has 1 aromatic carbocycles. The van der Waals surface area contributed by atoms with Crippen molar-refractivity contribution in [2.75, 3.05) is 19.0 Å². The quantitative estimate of drug-likeness (QED) is 0.874. The molecular formula is C15H22N2O2. The largest absolute Gasteiger partial charge is 0.380 e. The van der Waals surface area contributed by atoms with Gasteiger partial charge in [-0.15, -0.1) is 0 Å². The summed E-state index contributed by atoms with van der Waals surface area (Å²) in [5.74, 6) is 0.430. The summed E-state index contributed by atoms with van der Waals surface area (Å²) in [4.78, 5) is 12.3. The van der Waals surface area contributed by atoms with Gasteiger partial charge in [0.2, 0.25) is 5.91 Å². The van der Waals surface area contributed by atoms with Crippen molar-refractivity contribution in [3.8, 4) is 0 Å². The minimum atomic E-state index is -0.0932. The van der Waals surface area contributed by atoms with Gasteiger partial charge in [0.15, 0.2) is 0 Å². The molecule has 1 aliphatic heterocycles. The first-order valence-corrected chi connectivity index (χ1v) is 6.83. The number of benzene rings is 1. The number of rotatable bonds is 4. The van der Waals surface area contributed by atoms with Gasteiger partial charge in [-0.25, -0.2) is 0 Å². The Kier molecular flexibility index (Phi) is 4.93. The van der Waals surface area contributed by atoms with E-state index in [1.807, 2.05) is 24.3 Å². The van der Waals surface area contributed by atoms with E-state index in [-0.39, 0.29) is 11.9 Å². The van der Waals surface area contributed by atoms with Crippen molar-refractivity contribution in [2.24, 2.45) is 5.92 Å². The van der Waals surface area contributed by atoms with E-state index in [0.29, 0.717) is 12.5 Å². The molecule has 1 heterocycles. The van der Waals surface area contributed by atoms with Crippen LogP contribution in [0, 0.1) is 5.92 Å². The Morgan fingerprint density at radius 1 is 1.47 bits per heavy atom. The van der Waals surface area contributed by atoms with Crippen molar-refractivity contribution in [1.29, 1.82) is 0 Å². The van der Waals surface area contributed by atoms with Crippen LogP contribution in [0.15, 0.2) is 24.3 Å². The number of carbonyl (C=O) groups excluding carboxylic acids is 1. The summed E-state index contributed by atoms with van der Waals surface area (Å²) >= 11 is 0. The molecule has 1 aliphatic rings. The lowest BCUT2D eigenvalue weighted by Gasteiger charge is -2.29. The van der Waals surface area contributed by atoms with Crippen molar-refractivity contribution in [3.05, 3.63) is 29.8 Å². The normalized spacial score (nSPS) is 23.1. The molecule has 19 heavy (non-hydrogen) atoms. The Labute approximate surface area is 114 Å². The standard InChI is InChI=1S/C15H22N2O2/c1-11-6-5-9-16-14(11)15(18)17-13-8-4-3-7-12(13)10-19-2/h3-4,7-8,11,14,16H,5-6,9-10H2,1-2H3,(H,17,18). The van der Waals surface area contributed by atoms with Gasteiger partial charge in [-0.05, 0) is 31.4 Å². The number of anilines is 1. The van der Waals surface area contributed by atoms with Crippen LogP contribution in [0.3, 0.4) is 0 Å². The highest BCUT2D eigenvalue weighted by atomic mass is 16.5. The number of hydrogen-bond acceptors (Lipinski definition) is 3. The fourth-order valence-electron chi connectivity index (χ4n) is 2.53. The summed E-state index contributed by atoms with van der Waals surface area (Å²) in [7, 11) is 1.66. The Hall–Kier alpha value is -1.39. The van der Waals surface area contributed by atoms with Crippen LogP contribution in [-0.2, 0) is 16.1 Å². The third-order valence-electron chi connectivity index (χ3n) is 3.63. The molecule has 0 aromatic heterocycles. The Bertz CT molecular complexity index is 434. The van der Waals surface area contributed by atoms with E-state index in [4.69, 9.17) is 4.74 Å². The number of carbonyl (C=O) groups is 1. The lowest BCUT2D eigenvalue weighted by atomic mass is 9.92. The number of para-hydroxylation sites is 1. The predicted molar refractivity (Wildman–Crippen MR) is 76.0 cm³/mol. The molecule has 2 rings (SSSR count). The molecule has 2 unspecified atom stereocenters. The second kappa shape index (κ2) is 6.68. The molecule has 2 atom stereocenters. The number of methoxy groups -OCH3 is 1. The van der Waals surface area contributed by atoms with Crippen LogP contribution in [0.25, 0.3) is 0 Å². The van der Waals surface area contributed by atoms with Crippen LogP contribution in [0.4, 0.5) is 5.69 Å². The smallest absolute Gasteiger partial charge is 0.241 e. The van der Waals surface area contributed by atoms with E-state index in [1.54, 1.807) is 7.11 Å². The summed E-state index contributed by atoms with van der Waals surface area (Å²) in [6, 6.07) is 7.67. The van der Waals surface area contributed by atoms with E-state index in [1.165, 1.54) is 0 Å². The highest BCUT2D eigenvalue weighted by molar-refractivity contribution is 5.95. The van der Waals surface area contributed by atoms with Gasteiger partial charge in [-0.1, -0.05) is 25.1 Å². The lowest BCUT2D eigenvalue weighted by Crippen LogP contribution is -2.48. The molecule has 1 aromatic rings. The minimum Gasteiger partial charge on any atom is -0.380 e. The van der Waals surface area contributed by atoms with Crippen molar-refractivity contribution in [3.63, 3.8) is 0 Å². The van der Waals surface area contributed by atoms with Gasteiger partial charge in [0, 0.05) is 18.4 Å². The first kappa shape index (κ1) is 14.0. The molecule has 0 bridgehead atoms. The first-order chi connectivity index (χ1) is 9.22. The fourth-order valence-corrected chi connectivity index (χ4v) is 2.53. The summed E-state index contributed by atoms with van der Waals surface area (Å²) in [6.45, 7) is 3.55. The average molecular weight is 262 g/mol. The van der Waals surface area contributed by atoms with Crippen molar-refractivity contribution in [2.45, 2.75) is 32.4 Å². The fraction of sp³-hybridized carbons (Fsp3) is 0.533. The maximum Gasteiger partial charge on any atom is 0.241 e. The molecule has 1 amide bonds. The van der Waals surface area contributed by atoms with Crippen LogP contribution in [0.1, 0.15) is 25.3 Å². The van der Waals surface area contributed by atoms with Crippen molar-refractivity contribution in [1.82, 2.24) is 5.32 Å². The van der Waals surface area contributed by atoms with E-state index in [0.717, 1.165) is 30.6 Å². The Morgan fingerprint density at radius 2 is 2.26 bits per heavy atom. The van der Waals surface area contributed by atoms with Crippen LogP contribution in [-0.4, -0.2) is 25.6 Å². The monoisotopic (exact) mass is 262 g/mol. The number of ether oxygens (including phenoxy) is 1. The zero-order valence-corrected chi connectivity index (χ0v) is 11.6. The summed E-state index contributed by atoms with van der Waals surface area (Å²) < 4.78 is 5.15. The number of amides is 1. The predicted octanol–water partition coefficient (Wildman–Crippen LogP) is 2.16. The van der Waals surface area contributed by atoms with E-state index in [9.17, 15) is 4.79 Å². The average Bonchev–Trinajstić information content (AvgIpc) is 2.41. The third kappa shape index (κ3) is 3.55. The SMILES string of the molecule is COCc1ccccc1NC(=O)C1NCCCC1C. The summed E-state index contributed by atoms with van der Waals surface area (Å²) in [5, 5.41) is 6.31. The van der Waals surface area contributed by atoms with Gasteiger partial charge in [0.05, 0.1) is 12.6 Å². The molecule has 0 radical (unpaired) electrons. The van der Waals surface area contributed by atoms with Gasteiger partial charge in [-0.3, -0.25) is 4.79 Å². The number of hydrogen-bond donors (Lipinski definition) is 2. The van der Waals surface area contributed by atoms with Gasteiger partial charge in [0.1, 0.15) is 0 Å². The zero-order chi connectivity index (χ0) is 13.7. The Morgan fingerprint density at radius 3 is 3.00 bits per heavy atom. The molecule has 0 saturated carbocycles. The highest BCUT2D eigenvalue weighted by Crippen LogP contribution is 2.20. The molecule has 1 fully saturated rings. The van der Waals surface area contributed by atoms with Gasteiger partial charge in [-0.2, -0.15) is 0 Å². The summed E-state index contributed by atoms with van der Waals surface area (Å²) in [5.41, 5.74) is 1.84. The van der Waals surface area contributed by atoms with E-state index in [2.05, 4.69) is 17.6 Å². The molecule has 0 aliphatic carbocycles. The molecular weight excluding hydrogens is 240 g/mol. The highest BCUT2D eigenvalue weighted by Gasteiger charge is 2.27. The van der Waals surface area contributed by atoms with Crippen LogP contribution >= 0.6 is 0 Å². The molecule has 104 valence electrons. The van der Waals surface area contributed by atoms with E-state index >= 15 is 0 Å². The molecule has 0 spiro atoms. The molecule has 4 heteroatoms. The number of piperidine rings is 1. The maximum atomic E-state index is 12.3. The second-order valence-electron chi connectivity index (χ2n) is 5.13. The van der Waals surface area contributed by atoms with Crippen molar-refractivity contribution >= 4 is 11.6 Å². The van der Waals surface area contributed by atoms with Gasteiger partial charge < -0.3 is 15.4 Å². The zero-order valence-electron chi connectivity index (χ0n) is 11.6. The van der Waals surface area contributed by atoms with Crippen LogP contribution in [0.2, 0.25) is 0 Å². The lowest BCUT2D eigenvalue weighted by molar-refractivity contribution is -0.119. The van der Waals surface area contributed by atoms with Crippen molar-refractivity contribution < 1.29 is 9.53 Å².